The molecule has 0 amide bonds. The molecule has 1 aliphatic rings. The first-order chi connectivity index (χ1) is 7.27. The number of hydrogen-bond donors (Lipinski definition) is 0. The van der Waals surface area contributed by atoms with Crippen LogP contribution in [0.25, 0.3) is 0 Å². The summed E-state index contributed by atoms with van der Waals surface area (Å²) in [5.74, 6) is -0.708. The standard InChI is InChI=1S/C11H10FNO2/c12-10-4-9(5-13-6-10)11(14)8-2-1-3-15-7-8/h4-7H,1-3H2. The van der Waals surface area contributed by atoms with Crippen molar-refractivity contribution in [2.24, 2.45) is 0 Å². The molecule has 1 aromatic heterocycles. The monoisotopic (exact) mass is 207 g/mol. The highest BCUT2D eigenvalue weighted by Crippen LogP contribution is 2.17. The second-order valence-corrected chi connectivity index (χ2v) is 3.34. The number of carbonyl (C=O) groups is 1. The Bertz CT molecular complexity index is 415. The molecule has 0 N–H and O–H groups in total. The van der Waals surface area contributed by atoms with Gasteiger partial charge in [-0.3, -0.25) is 9.78 Å². The van der Waals surface area contributed by atoms with Crippen molar-refractivity contribution in [1.29, 1.82) is 0 Å². The highest BCUT2D eigenvalue weighted by Gasteiger charge is 2.15. The molecule has 0 atom stereocenters. The second kappa shape index (κ2) is 4.21. The maximum Gasteiger partial charge on any atom is 0.193 e. The van der Waals surface area contributed by atoms with E-state index in [0.717, 1.165) is 12.6 Å². The van der Waals surface area contributed by atoms with Crippen LogP contribution in [0.4, 0.5) is 4.39 Å². The summed E-state index contributed by atoms with van der Waals surface area (Å²) in [6.07, 6.45) is 5.38. The third-order valence-electron chi connectivity index (χ3n) is 2.19. The van der Waals surface area contributed by atoms with Crippen molar-refractivity contribution in [2.45, 2.75) is 12.8 Å². The van der Waals surface area contributed by atoms with Crippen molar-refractivity contribution in [1.82, 2.24) is 4.98 Å². The van der Waals surface area contributed by atoms with Gasteiger partial charge in [0.1, 0.15) is 5.82 Å². The zero-order valence-corrected chi connectivity index (χ0v) is 8.07. The highest BCUT2D eigenvalue weighted by molar-refractivity contribution is 6.08. The number of hydrogen-bond acceptors (Lipinski definition) is 3. The lowest BCUT2D eigenvalue weighted by atomic mass is 10.0. The summed E-state index contributed by atoms with van der Waals surface area (Å²) in [7, 11) is 0. The van der Waals surface area contributed by atoms with Crippen LogP contribution in [-0.4, -0.2) is 17.4 Å². The summed E-state index contributed by atoms with van der Waals surface area (Å²) in [5.41, 5.74) is 0.848. The number of rotatable bonds is 2. The maximum atomic E-state index is 12.8. The number of Topliss-reactive ketones (excluding diaryl/α,β-unsaturated/α-hetero) is 1. The predicted octanol–water partition coefficient (Wildman–Crippen LogP) is 2.10. The molecule has 0 aliphatic carbocycles. The van der Waals surface area contributed by atoms with Gasteiger partial charge in [0.2, 0.25) is 0 Å². The predicted molar refractivity (Wildman–Crippen MR) is 51.8 cm³/mol. The van der Waals surface area contributed by atoms with Gasteiger partial charge in [0, 0.05) is 17.3 Å². The number of halogens is 1. The topological polar surface area (TPSA) is 39.2 Å². The quantitative estimate of drug-likeness (QED) is 0.697. The summed E-state index contributed by atoms with van der Waals surface area (Å²) >= 11 is 0. The molecular formula is C11H10FNO2. The van der Waals surface area contributed by atoms with Crippen LogP contribution in [0.3, 0.4) is 0 Å². The van der Waals surface area contributed by atoms with Crippen LogP contribution in [0.1, 0.15) is 23.2 Å². The van der Waals surface area contributed by atoms with Crippen molar-refractivity contribution in [3.8, 4) is 0 Å². The first-order valence-corrected chi connectivity index (χ1v) is 4.73. The van der Waals surface area contributed by atoms with Gasteiger partial charge < -0.3 is 4.74 Å². The molecule has 15 heavy (non-hydrogen) atoms. The molecule has 0 aromatic carbocycles. The van der Waals surface area contributed by atoms with Crippen LogP contribution in [0.2, 0.25) is 0 Å². The average molecular weight is 207 g/mol. The van der Waals surface area contributed by atoms with Crippen molar-refractivity contribution in [3.63, 3.8) is 0 Å². The Morgan fingerprint density at radius 3 is 3.00 bits per heavy atom. The minimum absolute atomic E-state index is 0.207. The van der Waals surface area contributed by atoms with Crippen LogP contribution >= 0.6 is 0 Å². The molecule has 0 radical (unpaired) electrons. The summed E-state index contributed by atoms with van der Waals surface area (Å²) < 4.78 is 17.9. The Labute approximate surface area is 86.6 Å². The summed E-state index contributed by atoms with van der Waals surface area (Å²) in [6, 6.07) is 1.19. The van der Waals surface area contributed by atoms with E-state index in [9.17, 15) is 9.18 Å². The van der Waals surface area contributed by atoms with E-state index >= 15 is 0 Å². The molecule has 2 heterocycles. The zero-order chi connectivity index (χ0) is 10.7. The molecule has 1 aromatic rings. The molecular weight excluding hydrogens is 197 g/mol. The molecule has 0 saturated heterocycles. The summed E-state index contributed by atoms with van der Waals surface area (Å²) in [5, 5.41) is 0. The molecule has 0 bridgehead atoms. The SMILES string of the molecule is O=C(C1=COCCC1)c1cncc(F)c1. The average Bonchev–Trinajstić information content (AvgIpc) is 2.29. The molecule has 4 heteroatoms. The van der Waals surface area contributed by atoms with Crippen molar-refractivity contribution in [2.75, 3.05) is 6.61 Å². The lowest BCUT2D eigenvalue weighted by Crippen LogP contribution is -2.09. The summed E-state index contributed by atoms with van der Waals surface area (Å²) in [4.78, 5) is 15.4. The molecule has 0 unspecified atom stereocenters. The van der Waals surface area contributed by atoms with Gasteiger partial charge in [0.25, 0.3) is 0 Å². The molecule has 78 valence electrons. The maximum absolute atomic E-state index is 12.8. The Morgan fingerprint density at radius 2 is 2.33 bits per heavy atom. The molecule has 0 saturated carbocycles. The van der Waals surface area contributed by atoms with Crippen molar-refractivity contribution >= 4 is 5.78 Å². The lowest BCUT2D eigenvalue weighted by Gasteiger charge is -2.12. The van der Waals surface area contributed by atoms with Gasteiger partial charge in [-0.2, -0.15) is 0 Å². The van der Waals surface area contributed by atoms with Crippen LogP contribution in [0.5, 0.6) is 0 Å². The fourth-order valence-electron chi connectivity index (χ4n) is 1.45. The Kier molecular flexibility index (Phi) is 2.76. The van der Waals surface area contributed by atoms with Crippen LogP contribution < -0.4 is 0 Å². The smallest absolute Gasteiger partial charge is 0.193 e. The van der Waals surface area contributed by atoms with Crippen molar-refractivity contribution in [3.05, 3.63) is 41.7 Å². The molecule has 3 nitrogen and oxygen atoms in total. The van der Waals surface area contributed by atoms with Gasteiger partial charge in [-0.1, -0.05) is 0 Å². The largest absolute Gasteiger partial charge is 0.501 e. The zero-order valence-electron chi connectivity index (χ0n) is 8.07. The van der Waals surface area contributed by atoms with E-state index in [1.165, 1.54) is 18.5 Å². The van der Waals surface area contributed by atoms with E-state index in [2.05, 4.69) is 4.98 Å². The van der Waals surface area contributed by atoms with Gasteiger partial charge in [-0.15, -0.1) is 0 Å². The number of carbonyl (C=O) groups excluding carboxylic acids is 1. The van der Waals surface area contributed by atoms with Crippen molar-refractivity contribution < 1.29 is 13.9 Å². The third-order valence-corrected chi connectivity index (χ3v) is 2.19. The van der Waals surface area contributed by atoms with E-state index < -0.39 is 5.82 Å². The van der Waals surface area contributed by atoms with Gasteiger partial charge >= 0.3 is 0 Å². The minimum Gasteiger partial charge on any atom is -0.501 e. The number of nitrogens with zero attached hydrogens (tertiary/aromatic N) is 1. The number of ether oxygens (including phenoxy) is 1. The first kappa shape index (κ1) is 9.83. The third kappa shape index (κ3) is 2.21. The number of pyridine rings is 1. The number of allylic oxidation sites excluding steroid dienone is 1. The van der Waals surface area contributed by atoms with Crippen LogP contribution in [0, 0.1) is 5.82 Å². The Hall–Kier alpha value is -1.71. The number of ketones is 1. The molecule has 1 aliphatic heterocycles. The molecule has 0 fully saturated rings. The fourth-order valence-corrected chi connectivity index (χ4v) is 1.45. The van der Waals surface area contributed by atoms with E-state index in [1.54, 1.807) is 0 Å². The van der Waals surface area contributed by atoms with E-state index in [0.29, 0.717) is 18.6 Å². The van der Waals surface area contributed by atoms with E-state index in [-0.39, 0.29) is 11.3 Å². The van der Waals surface area contributed by atoms with Gasteiger partial charge in [0.15, 0.2) is 5.78 Å². The number of aromatic nitrogens is 1. The van der Waals surface area contributed by atoms with Gasteiger partial charge in [-0.05, 0) is 18.9 Å². The van der Waals surface area contributed by atoms with Gasteiger partial charge in [0.05, 0.1) is 19.1 Å². The second-order valence-electron chi connectivity index (χ2n) is 3.34. The first-order valence-electron chi connectivity index (χ1n) is 4.73. The highest BCUT2D eigenvalue weighted by atomic mass is 19.1. The molecule has 2 rings (SSSR count). The normalized spacial score (nSPS) is 15.4. The Balaban J connectivity index is 2.24. The lowest BCUT2D eigenvalue weighted by molar-refractivity contribution is 0.101. The van der Waals surface area contributed by atoms with Crippen LogP contribution in [0.15, 0.2) is 30.3 Å². The van der Waals surface area contributed by atoms with Gasteiger partial charge in [-0.25, -0.2) is 4.39 Å². The van der Waals surface area contributed by atoms with E-state index in [1.807, 2.05) is 0 Å². The fraction of sp³-hybridized carbons (Fsp3) is 0.273. The summed E-state index contributed by atoms with van der Waals surface area (Å²) in [6.45, 7) is 0.637. The molecule has 0 spiro atoms. The van der Waals surface area contributed by atoms with Crippen LogP contribution in [-0.2, 0) is 4.74 Å². The minimum atomic E-state index is -0.502. The van der Waals surface area contributed by atoms with E-state index in [4.69, 9.17) is 4.74 Å². The Morgan fingerprint density at radius 1 is 1.47 bits per heavy atom.